The average Bonchev–Trinajstić information content (AvgIpc) is 2.29. The molecule has 1 unspecified atom stereocenters. The summed E-state index contributed by atoms with van der Waals surface area (Å²) in [5.41, 5.74) is 0. The van der Waals surface area contributed by atoms with E-state index >= 15 is 0 Å². The molecule has 1 fully saturated rings. The molecule has 0 aromatic heterocycles. The van der Waals surface area contributed by atoms with Gasteiger partial charge >= 0.3 is 0 Å². The Morgan fingerprint density at radius 2 is 1.75 bits per heavy atom. The number of nitrogens with one attached hydrogen (secondary N) is 1. The topological polar surface area (TPSA) is 35.5 Å². The first kappa shape index (κ1) is 13.9. The van der Waals surface area contributed by atoms with Crippen molar-refractivity contribution < 1.29 is 5.11 Å². The number of aliphatic hydroxyl groups excluding tert-OH is 1. The van der Waals surface area contributed by atoms with Crippen LogP contribution >= 0.6 is 0 Å². The molecule has 0 spiro atoms. The molecule has 1 rings (SSSR count). The minimum absolute atomic E-state index is 0.0452. The van der Waals surface area contributed by atoms with E-state index < -0.39 is 0 Å². The van der Waals surface area contributed by atoms with E-state index in [2.05, 4.69) is 31.0 Å². The van der Waals surface area contributed by atoms with Gasteiger partial charge in [-0.2, -0.15) is 0 Å². The number of nitrogens with zero attached hydrogens (tertiary/aromatic N) is 1. The normalized spacial score (nSPS) is 28.3. The Kier molecular flexibility index (Phi) is 6.32. The first-order chi connectivity index (χ1) is 7.65. The number of hydrogen-bond acceptors (Lipinski definition) is 3. The van der Waals surface area contributed by atoms with Gasteiger partial charge in [0.1, 0.15) is 0 Å². The van der Waals surface area contributed by atoms with E-state index in [4.69, 9.17) is 0 Å². The van der Waals surface area contributed by atoms with Crippen LogP contribution in [0.2, 0.25) is 0 Å². The molecule has 3 nitrogen and oxygen atoms in total. The Morgan fingerprint density at radius 1 is 1.19 bits per heavy atom. The third kappa shape index (κ3) is 4.81. The minimum atomic E-state index is -0.0452. The van der Waals surface area contributed by atoms with Crippen LogP contribution in [-0.2, 0) is 0 Å². The molecular weight excluding hydrogens is 200 g/mol. The van der Waals surface area contributed by atoms with Gasteiger partial charge in [-0.15, -0.1) is 0 Å². The van der Waals surface area contributed by atoms with Gasteiger partial charge in [0.2, 0.25) is 0 Å². The summed E-state index contributed by atoms with van der Waals surface area (Å²) in [7, 11) is 0. The molecule has 1 atom stereocenters. The van der Waals surface area contributed by atoms with Crippen molar-refractivity contribution >= 4 is 0 Å². The minimum Gasteiger partial charge on any atom is -0.393 e. The third-order valence-electron chi connectivity index (χ3n) is 3.64. The predicted octanol–water partition coefficient (Wildman–Crippen LogP) is 1.61. The van der Waals surface area contributed by atoms with Crippen LogP contribution in [0.25, 0.3) is 0 Å². The highest BCUT2D eigenvalue weighted by atomic mass is 16.3. The first-order valence-electron chi connectivity index (χ1n) is 6.82. The van der Waals surface area contributed by atoms with Crippen LogP contribution in [0.3, 0.4) is 0 Å². The third-order valence-corrected chi connectivity index (χ3v) is 3.64. The summed E-state index contributed by atoms with van der Waals surface area (Å²) >= 11 is 0. The van der Waals surface area contributed by atoms with Crippen molar-refractivity contribution in [3.8, 4) is 0 Å². The molecule has 16 heavy (non-hydrogen) atoms. The number of hydrogen-bond donors (Lipinski definition) is 2. The van der Waals surface area contributed by atoms with Crippen LogP contribution in [0.15, 0.2) is 0 Å². The van der Waals surface area contributed by atoms with E-state index in [0.717, 1.165) is 45.3 Å². The Balaban J connectivity index is 2.20. The lowest BCUT2D eigenvalue weighted by atomic mass is 9.92. The first-order valence-corrected chi connectivity index (χ1v) is 6.82. The van der Waals surface area contributed by atoms with Crippen LogP contribution in [0.4, 0.5) is 0 Å². The molecule has 0 bridgehead atoms. The molecular formula is C13H28N2O. The largest absolute Gasteiger partial charge is 0.393 e. The summed E-state index contributed by atoms with van der Waals surface area (Å²) in [6.07, 6.45) is 4.15. The van der Waals surface area contributed by atoms with Gasteiger partial charge in [0.05, 0.1) is 6.10 Å². The van der Waals surface area contributed by atoms with Crippen molar-refractivity contribution in [2.24, 2.45) is 0 Å². The smallest absolute Gasteiger partial charge is 0.0541 e. The van der Waals surface area contributed by atoms with Crippen LogP contribution < -0.4 is 5.32 Å². The highest BCUT2D eigenvalue weighted by Crippen LogP contribution is 2.18. The van der Waals surface area contributed by atoms with E-state index in [0.29, 0.717) is 12.1 Å². The molecule has 0 aromatic rings. The zero-order valence-corrected chi connectivity index (χ0v) is 11.1. The highest BCUT2D eigenvalue weighted by molar-refractivity contribution is 4.79. The second kappa shape index (κ2) is 7.25. The van der Waals surface area contributed by atoms with E-state index in [9.17, 15) is 5.11 Å². The van der Waals surface area contributed by atoms with Crippen LogP contribution in [0.1, 0.15) is 46.5 Å². The fraction of sp³-hybridized carbons (Fsp3) is 1.00. The Labute approximate surface area is 100 Å². The number of aliphatic hydroxyl groups is 1. The molecule has 0 aromatic carbocycles. The second-order valence-corrected chi connectivity index (χ2v) is 5.06. The van der Waals surface area contributed by atoms with Gasteiger partial charge in [-0.25, -0.2) is 0 Å². The van der Waals surface area contributed by atoms with E-state index in [1.165, 1.54) is 0 Å². The van der Waals surface area contributed by atoms with Gasteiger partial charge in [-0.05, 0) is 45.7 Å². The molecule has 96 valence electrons. The van der Waals surface area contributed by atoms with Crippen molar-refractivity contribution in [3.05, 3.63) is 0 Å². The Hall–Kier alpha value is -0.120. The van der Waals surface area contributed by atoms with E-state index in [1.54, 1.807) is 0 Å². The van der Waals surface area contributed by atoms with Crippen molar-refractivity contribution in [2.45, 2.75) is 64.6 Å². The predicted molar refractivity (Wildman–Crippen MR) is 68.6 cm³/mol. The molecule has 1 saturated carbocycles. The van der Waals surface area contributed by atoms with Gasteiger partial charge in [0.15, 0.2) is 0 Å². The van der Waals surface area contributed by atoms with Crippen LogP contribution in [-0.4, -0.2) is 47.8 Å². The molecule has 1 aliphatic rings. The van der Waals surface area contributed by atoms with Crippen LogP contribution in [0.5, 0.6) is 0 Å². The Bertz CT molecular complexity index is 175. The summed E-state index contributed by atoms with van der Waals surface area (Å²) in [5.74, 6) is 0. The number of rotatable bonds is 6. The van der Waals surface area contributed by atoms with Gasteiger partial charge in [-0.1, -0.05) is 13.8 Å². The van der Waals surface area contributed by atoms with Gasteiger partial charge < -0.3 is 15.3 Å². The summed E-state index contributed by atoms with van der Waals surface area (Å²) in [5, 5.41) is 13.1. The zero-order valence-electron chi connectivity index (χ0n) is 11.1. The molecule has 0 amide bonds. The van der Waals surface area contributed by atoms with Gasteiger partial charge in [0.25, 0.3) is 0 Å². The maximum absolute atomic E-state index is 9.45. The van der Waals surface area contributed by atoms with E-state index in [-0.39, 0.29) is 6.10 Å². The monoisotopic (exact) mass is 228 g/mol. The van der Waals surface area contributed by atoms with Crippen LogP contribution in [0, 0.1) is 0 Å². The highest BCUT2D eigenvalue weighted by Gasteiger charge is 2.20. The molecule has 0 aliphatic heterocycles. The number of likely N-dealkylation sites (N-methyl/N-ethyl adjacent to an activating group) is 1. The van der Waals surface area contributed by atoms with Crippen molar-refractivity contribution in [1.82, 2.24) is 10.2 Å². The van der Waals surface area contributed by atoms with Crippen molar-refractivity contribution in [1.29, 1.82) is 0 Å². The summed E-state index contributed by atoms with van der Waals surface area (Å²) in [4.78, 5) is 2.45. The lowest BCUT2D eigenvalue weighted by Crippen LogP contribution is -2.45. The molecule has 0 heterocycles. The molecule has 1 aliphatic carbocycles. The summed E-state index contributed by atoms with van der Waals surface area (Å²) in [6.45, 7) is 10.1. The van der Waals surface area contributed by atoms with Crippen molar-refractivity contribution in [3.63, 3.8) is 0 Å². The van der Waals surface area contributed by atoms with E-state index in [1.807, 2.05) is 0 Å². The second-order valence-electron chi connectivity index (χ2n) is 5.06. The molecule has 0 saturated heterocycles. The maximum atomic E-state index is 9.45. The Morgan fingerprint density at radius 3 is 2.25 bits per heavy atom. The van der Waals surface area contributed by atoms with Gasteiger partial charge in [0, 0.05) is 18.6 Å². The molecule has 0 radical (unpaired) electrons. The molecule has 2 N–H and O–H groups in total. The fourth-order valence-electron chi connectivity index (χ4n) is 2.57. The maximum Gasteiger partial charge on any atom is 0.0541 e. The summed E-state index contributed by atoms with van der Waals surface area (Å²) < 4.78 is 0. The zero-order chi connectivity index (χ0) is 12.0. The lowest BCUT2D eigenvalue weighted by molar-refractivity contribution is 0.112. The quantitative estimate of drug-likeness (QED) is 0.725. The fourth-order valence-corrected chi connectivity index (χ4v) is 2.57. The van der Waals surface area contributed by atoms with Crippen molar-refractivity contribution in [2.75, 3.05) is 19.6 Å². The lowest BCUT2D eigenvalue weighted by Gasteiger charge is -2.31. The SMILES string of the molecule is CCN(CC)CC(C)NC1CCC(O)CC1. The molecule has 3 heteroatoms. The average molecular weight is 228 g/mol. The van der Waals surface area contributed by atoms with Gasteiger partial charge in [-0.3, -0.25) is 0 Å². The standard InChI is InChI=1S/C13H28N2O/c1-4-15(5-2)10-11(3)14-12-6-8-13(16)9-7-12/h11-14,16H,4-10H2,1-3H3. The summed E-state index contributed by atoms with van der Waals surface area (Å²) in [6, 6.07) is 1.18.